The molecular formula is C27H23FN4O4. The molecule has 182 valence electrons. The van der Waals surface area contributed by atoms with Crippen LogP contribution in [0.1, 0.15) is 15.9 Å². The summed E-state index contributed by atoms with van der Waals surface area (Å²) in [7, 11) is 0. The minimum atomic E-state index is -1.00. The molecule has 3 heterocycles. The number of pyridine rings is 1. The van der Waals surface area contributed by atoms with E-state index in [1.165, 1.54) is 12.1 Å². The lowest BCUT2D eigenvalue weighted by molar-refractivity contribution is -0.115. The molecule has 0 bridgehead atoms. The van der Waals surface area contributed by atoms with E-state index in [1.54, 1.807) is 59.7 Å². The lowest BCUT2D eigenvalue weighted by Crippen LogP contribution is -2.54. The SMILES string of the molecule is O=C(Cc1cccnc1)Nc1ccc(OC2CN(c3cccc(C(=O)O)c3-n3cccc3)C2)cc1F. The van der Waals surface area contributed by atoms with Gasteiger partial charge in [-0.2, -0.15) is 0 Å². The first kappa shape index (κ1) is 23.1. The smallest absolute Gasteiger partial charge is 0.337 e. The average Bonchev–Trinajstić information content (AvgIpc) is 3.37. The predicted molar refractivity (Wildman–Crippen MR) is 132 cm³/mol. The summed E-state index contributed by atoms with van der Waals surface area (Å²) < 4.78 is 22.3. The molecule has 36 heavy (non-hydrogen) atoms. The number of carboxylic acid groups (broad SMARTS) is 1. The molecule has 0 radical (unpaired) electrons. The fraction of sp³-hybridized carbons (Fsp3) is 0.148. The molecule has 2 aromatic carbocycles. The number of aromatic nitrogens is 2. The van der Waals surface area contributed by atoms with Gasteiger partial charge in [0.15, 0.2) is 0 Å². The maximum absolute atomic E-state index is 14.6. The number of carboxylic acids is 1. The lowest BCUT2D eigenvalue weighted by atomic mass is 10.1. The van der Waals surface area contributed by atoms with Gasteiger partial charge in [0.1, 0.15) is 17.7 Å². The number of rotatable bonds is 8. The van der Waals surface area contributed by atoms with E-state index in [1.807, 2.05) is 23.1 Å². The van der Waals surface area contributed by atoms with Crippen LogP contribution in [0.3, 0.4) is 0 Å². The molecular weight excluding hydrogens is 463 g/mol. The summed E-state index contributed by atoms with van der Waals surface area (Å²) in [5.74, 6) is -1.58. The molecule has 0 saturated carbocycles. The second-order valence-corrected chi connectivity index (χ2v) is 8.44. The number of anilines is 2. The molecule has 1 fully saturated rings. The number of hydrogen-bond acceptors (Lipinski definition) is 5. The van der Waals surface area contributed by atoms with Crippen LogP contribution in [0.4, 0.5) is 15.8 Å². The number of aromatic carboxylic acids is 1. The van der Waals surface area contributed by atoms with Gasteiger partial charge in [-0.1, -0.05) is 12.1 Å². The first-order valence-electron chi connectivity index (χ1n) is 11.4. The van der Waals surface area contributed by atoms with Gasteiger partial charge < -0.3 is 24.6 Å². The van der Waals surface area contributed by atoms with E-state index in [-0.39, 0.29) is 29.7 Å². The number of benzene rings is 2. The number of carbonyl (C=O) groups is 2. The van der Waals surface area contributed by atoms with Crippen molar-refractivity contribution in [1.82, 2.24) is 9.55 Å². The minimum Gasteiger partial charge on any atom is -0.487 e. The summed E-state index contributed by atoms with van der Waals surface area (Å²) in [6.07, 6.45) is 6.72. The standard InChI is InChI=1S/C27H23FN4O4/c28-22-14-19(8-9-23(22)30-25(33)13-18-5-4-10-29-15-18)36-20-16-32(17-20)24-7-3-6-21(27(34)35)26(24)31-11-1-2-12-31/h1-12,14-15,20H,13,16-17H2,(H,30,33)(H,34,35). The number of amides is 1. The molecule has 5 rings (SSSR count). The van der Waals surface area contributed by atoms with E-state index in [4.69, 9.17) is 4.74 Å². The van der Waals surface area contributed by atoms with Crippen molar-refractivity contribution in [3.8, 4) is 11.4 Å². The molecule has 9 heteroatoms. The lowest BCUT2D eigenvalue weighted by Gasteiger charge is -2.41. The van der Waals surface area contributed by atoms with E-state index in [2.05, 4.69) is 10.3 Å². The Morgan fingerprint density at radius 2 is 1.89 bits per heavy atom. The molecule has 0 aliphatic carbocycles. The van der Waals surface area contributed by atoms with Crippen LogP contribution in [0.5, 0.6) is 5.75 Å². The molecule has 2 aromatic heterocycles. The average molecular weight is 487 g/mol. The normalized spacial score (nSPS) is 13.2. The van der Waals surface area contributed by atoms with Gasteiger partial charge in [-0.05, 0) is 48.0 Å². The third-order valence-electron chi connectivity index (χ3n) is 5.90. The highest BCUT2D eigenvalue weighted by atomic mass is 19.1. The minimum absolute atomic E-state index is 0.0772. The first-order valence-corrected chi connectivity index (χ1v) is 11.4. The van der Waals surface area contributed by atoms with E-state index in [0.717, 1.165) is 11.3 Å². The van der Waals surface area contributed by atoms with Crippen LogP contribution < -0.4 is 15.0 Å². The third-order valence-corrected chi connectivity index (χ3v) is 5.90. The van der Waals surface area contributed by atoms with Crippen LogP contribution >= 0.6 is 0 Å². The number of nitrogens with one attached hydrogen (secondary N) is 1. The van der Waals surface area contributed by atoms with Crippen LogP contribution in [-0.2, 0) is 11.2 Å². The zero-order chi connectivity index (χ0) is 25.1. The Balaban J connectivity index is 1.22. The zero-order valence-electron chi connectivity index (χ0n) is 19.2. The Bertz CT molecular complexity index is 1390. The molecule has 0 unspecified atom stereocenters. The van der Waals surface area contributed by atoms with Crippen LogP contribution in [0.15, 0.2) is 85.5 Å². The van der Waals surface area contributed by atoms with Crippen LogP contribution in [-0.4, -0.2) is 45.7 Å². The number of para-hydroxylation sites is 1. The predicted octanol–water partition coefficient (Wildman–Crippen LogP) is 4.16. The van der Waals surface area contributed by atoms with Gasteiger partial charge in [-0.25, -0.2) is 9.18 Å². The van der Waals surface area contributed by atoms with Crippen molar-refractivity contribution in [1.29, 1.82) is 0 Å². The van der Waals surface area contributed by atoms with E-state index >= 15 is 0 Å². The van der Waals surface area contributed by atoms with Crippen molar-refractivity contribution in [2.75, 3.05) is 23.3 Å². The fourth-order valence-electron chi connectivity index (χ4n) is 4.17. The molecule has 1 aliphatic heterocycles. The Morgan fingerprint density at radius 3 is 2.58 bits per heavy atom. The molecule has 8 nitrogen and oxygen atoms in total. The molecule has 1 amide bonds. The molecule has 0 atom stereocenters. The maximum Gasteiger partial charge on any atom is 0.337 e. The molecule has 0 spiro atoms. The van der Waals surface area contributed by atoms with Gasteiger partial charge in [0.2, 0.25) is 5.91 Å². The second kappa shape index (κ2) is 9.91. The quantitative estimate of drug-likeness (QED) is 0.388. The Hall–Kier alpha value is -4.66. The Kier molecular flexibility index (Phi) is 6.36. The summed E-state index contributed by atoms with van der Waals surface area (Å²) >= 11 is 0. The number of carbonyl (C=O) groups excluding carboxylic acids is 1. The van der Waals surface area contributed by atoms with Crippen LogP contribution in [0.2, 0.25) is 0 Å². The maximum atomic E-state index is 14.6. The van der Waals surface area contributed by atoms with Crippen LogP contribution in [0, 0.1) is 5.82 Å². The number of hydrogen-bond donors (Lipinski definition) is 2. The largest absolute Gasteiger partial charge is 0.487 e. The monoisotopic (exact) mass is 486 g/mol. The first-order chi connectivity index (χ1) is 17.5. The van der Waals surface area contributed by atoms with E-state index in [0.29, 0.717) is 24.5 Å². The number of nitrogens with zero attached hydrogens (tertiary/aromatic N) is 3. The molecule has 1 saturated heterocycles. The van der Waals surface area contributed by atoms with Crippen molar-refractivity contribution in [2.24, 2.45) is 0 Å². The highest BCUT2D eigenvalue weighted by Crippen LogP contribution is 2.33. The van der Waals surface area contributed by atoms with Crippen molar-refractivity contribution in [3.05, 3.63) is 102 Å². The van der Waals surface area contributed by atoms with Crippen molar-refractivity contribution >= 4 is 23.3 Å². The summed E-state index contributed by atoms with van der Waals surface area (Å²) in [5.41, 5.74) is 2.39. The van der Waals surface area contributed by atoms with Gasteiger partial charge in [-0.15, -0.1) is 0 Å². The van der Waals surface area contributed by atoms with Gasteiger partial charge >= 0.3 is 5.97 Å². The van der Waals surface area contributed by atoms with Gasteiger partial charge in [0.05, 0.1) is 42.1 Å². The van der Waals surface area contributed by atoms with Crippen molar-refractivity contribution in [2.45, 2.75) is 12.5 Å². The fourth-order valence-corrected chi connectivity index (χ4v) is 4.17. The zero-order valence-corrected chi connectivity index (χ0v) is 19.2. The van der Waals surface area contributed by atoms with Gasteiger partial charge in [-0.3, -0.25) is 9.78 Å². The number of ether oxygens (including phenoxy) is 1. The summed E-state index contributed by atoms with van der Waals surface area (Å²) in [6.45, 7) is 1.03. The summed E-state index contributed by atoms with van der Waals surface area (Å²) in [4.78, 5) is 30.0. The highest BCUT2D eigenvalue weighted by Gasteiger charge is 2.32. The van der Waals surface area contributed by atoms with Gasteiger partial charge in [0.25, 0.3) is 0 Å². The van der Waals surface area contributed by atoms with E-state index < -0.39 is 11.8 Å². The van der Waals surface area contributed by atoms with Crippen molar-refractivity contribution in [3.63, 3.8) is 0 Å². The Labute approximate surface area is 206 Å². The van der Waals surface area contributed by atoms with E-state index in [9.17, 15) is 19.1 Å². The molecule has 4 aromatic rings. The highest BCUT2D eigenvalue weighted by molar-refractivity contribution is 5.95. The number of halogens is 1. The third kappa shape index (κ3) is 4.90. The van der Waals surface area contributed by atoms with Gasteiger partial charge in [0, 0.05) is 30.9 Å². The second-order valence-electron chi connectivity index (χ2n) is 8.44. The Morgan fingerprint density at radius 1 is 1.08 bits per heavy atom. The summed E-state index contributed by atoms with van der Waals surface area (Å²) in [5, 5.41) is 12.2. The summed E-state index contributed by atoms with van der Waals surface area (Å²) in [6, 6.07) is 16.7. The molecule has 2 N–H and O–H groups in total. The topological polar surface area (TPSA) is 96.7 Å². The van der Waals surface area contributed by atoms with Crippen LogP contribution in [0.25, 0.3) is 5.69 Å². The molecule has 1 aliphatic rings. The van der Waals surface area contributed by atoms with Crippen molar-refractivity contribution < 1.29 is 23.8 Å².